The van der Waals surface area contributed by atoms with Crippen LogP contribution in [0.1, 0.15) is 69.5 Å². The molecule has 3 aromatic carbocycles. The van der Waals surface area contributed by atoms with Gasteiger partial charge in [-0.15, -0.1) is 23.1 Å². The molecule has 1 aliphatic rings. The summed E-state index contributed by atoms with van der Waals surface area (Å²) in [6.07, 6.45) is 4.27. The van der Waals surface area contributed by atoms with Gasteiger partial charge in [0, 0.05) is 21.0 Å². The van der Waals surface area contributed by atoms with Gasteiger partial charge in [-0.1, -0.05) is 74.9 Å². The average Bonchev–Trinajstić information content (AvgIpc) is 3.44. The van der Waals surface area contributed by atoms with Gasteiger partial charge in [0.05, 0.1) is 18.4 Å². The number of rotatable bonds is 10. The first kappa shape index (κ1) is 35.6. The Morgan fingerprint density at radius 2 is 1.71 bits per heavy atom. The van der Waals surface area contributed by atoms with Crippen LogP contribution in [0.5, 0.6) is 0 Å². The Bertz CT molecular complexity index is 1890. The fourth-order valence-corrected chi connectivity index (χ4v) is 7.86. The van der Waals surface area contributed by atoms with Gasteiger partial charge in [-0.2, -0.15) is 0 Å². The lowest BCUT2D eigenvalue weighted by molar-refractivity contribution is -0.114. The molecule has 1 aliphatic carbocycles. The number of anilines is 2. The first-order valence-corrected chi connectivity index (χ1v) is 17.9. The second-order valence-electron chi connectivity index (χ2n) is 13.1. The van der Waals surface area contributed by atoms with Gasteiger partial charge >= 0.3 is 5.97 Å². The van der Waals surface area contributed by atoms with Crippen LogP contribution in [0.4, 0.5) is 10.7 Å². The van der Waals surface area contributed by atoms with E-state index in [1.54, 1.807) is 48.5 Å². The third kappa shape index (κ3) is 9.28. The first-order valence-electron chi connectivity index (χ1n) is 16.1. The fourth-order valence-electron chi connectivity index (χ4n) is 5.77. The number of hydrogen-bond donors (Lipinski definition) is 3. The van der Waals surface area contributed by atoms with Crippen molar-refractivity contribution in [3.05, 3.63) is 117 Å². The molecule has 3 amide bonds. The van der Waals surface area contributed by atoms with Crippen LogP contribution in [0, 0.1) is 18.3 Å². The summed E-state index contributed by atoms with van der Waals surface area (Å²) in [7, 11) is 1.36. The lowest BCUT2D eigenvalue weighted by Gasteiger charge is -2.33. The normalized spacial score (nSPS) is 14.4. The number of nitrogens with one attached hydrogen (secondary N) is 3. The number of thiophene rings is 1. The van der Waals surface area contributed by atoms with Crippen molar-refractivity contribution in [3.63, 3.8) is 0 Å². The number of carbonyl (C=O) groups is 4. The van der Waals surface area contributed by atoms with Crippen LogP contribution in [0.25, 0.3) is 6.08 Å². The molecule has 3 N–H and O–H groups in total. The molecule has 0 saturated heterocycles. The third-order valence-corrected chi connectivity index (χ3v) is 10.6. The predicted octanol–water partition coefficient (Wildman–Crippen LogP) is 8.13. The van der Waals surface area contributed by atoms with Crippen LogP contribution in [-0.2, 0) is 27.2 Å². The Balaban J connectivity index is 1.27. The van der Waals surface area contributed by atoms with Gasteiger partial charge in [0.15, 0.2) is 0 Å². The smallest absolute Gasteiger partial charge is 0.341 e. The van der Waals surface area contributed by atoms with E-state index >= 15 is 0 Å². The molecule has 49 heavy (non-hydrogen) atoms. The van der Waals surface area contributed by atoms with Gasteiger partial charge in [0.1, 0.15) is 10.7 Å². The minimum atomic E-state index is -0.489. The molecule has 0 radical (unpaired) electrons. The average molecular weight is 696 g/mol. The number of methoxy groups -OCH3 is 1. The predicted molar refractivity (Wildman–Crippen MR) is 198 cm³/mol. The molecule has 0 spiro atoms. The van der Waals surface area contributed by atoms with Crippen LogP contribution in [0.2, 0.25) is 0 Å². The number of amides is 3. The van der Waals surface area contributed by atoms with Crippen molar-refractivity contribution in [2.45, 2.75) is 51.9 Å². The SMILES string of the molecule is COC(=O)c1c(NC(=O)CSc2cccc(NC(=O)/C(=C\c3cccc(C)c3)NC(=O)c3ccccc3)c2)sc2c1CCC(C(C)(C)C)C2. The Kier molecular flexibility index (Phi) is 11.4. The lowest BCUT2D eigenvalue weighted by Crippen LogP contribution is -2.30. The van der Waals surface area contributed by atoms with Crippen molar-refractivity contribution in [1.29, 1.82) is 0 Å². The van der Waals surface area contributed by atoms with Crippen LogP contribution in [0.15, 0.2) is 89.5 Å². The zero-order valence-electron chi connectivity index (χ0n) is 28.3. The summed E-state index contributed by atoms with van der Waals surface area (Å²) >= 11 is 2.78. The summed E-state index contributed by atoms with van der Waals surface area (Å²) in [5.74, 6) is -0.990. The molecule has 10 heteroatoms. The van der Waals surface area contributed by atoms with Crippen LogP contribution < -0.4 is 16.0 Å². The van der Waals surface area contributed by atoms with Gasteiger partial charge in [-0.25, -0.2) is 4.79 Å². The Labute approximate surface area is 295 Å². The van der Waals surface area contributed by atoms with Crippen molar-refractivity contribution in [2.24, 2.45) is 11.3 Å². The van der Waals surface area contributed by atoms with Crippen molar-refractivity contribution < 1.29 is 23.9 Å². The minimum Gasteiger partial charge on any atom is -0.465 e. The standard InChI is InChI=1S/C39H41N3O5S2/c1-24-11-9-12-25(19-24)20-31(41-35(44)26-13-7-6-8-14-26)36(45)40-28-15-10-16-29(22-28)48-23-33(43)42-37-34(38(46)47-5)30-18-17-27(39(2,3)4)21-32(30)49-37/h6-16,19-20,22,27H,17-18,21,23H2,1-5H3,(H,40,45)(H,41,44)(H,42,43)/b31-20+. The molecular formula is C39H41N3O5S2. The van der Waals surface area contributed by atoms with E-state index in [9.17, 15) is 19.2 Å². The molecular weight excluding hydrogens is 655 g/mol. The number of aryl methyl sites for hydroxylation is 1. The molecule has 8 nitrogen and oxygen atoms in total. The highest BCUT2D eigenvalue weighted by atomic mass is 32.2. The zero-order chi connectivity index (χ0) is 35.1. The molecule has 0 fully saturated rings. The maximum absolute atomic E-state index is 13.5. The number of hydrogen-bond acceptors (Lipinski definition) is 7. The molecule has 254 valence electrons. The fraction of sp³-hybridized carbons (Fsp3) is 0.282. The van der Waals surface area contributed by atoms with E-state index in [2.05, 4.69) is 36.7 Å². The van der Waals surface area contributed by atoms with E-state index < -0.39 is 17.8 Å². The van der Waals surface area contributed by atoms with Crippen molar-refractivity contribution in [2.75, 3.05) is 23.5 Å². The number of ether oxygens (including phenoxy) is 1. The molecule has 0 bridgehead atoms. The van der Waals surface area contributed by atoms with E-state index in [1.165, 1.54) is 30.2 Å². The maximum Gasteiger partial charge on any atom is 0.341 e. The summed E-state index contributed by atoms with van der Waals surface area (Å²) in [5, 5.41) is 9.15. The second kappa shape index (κ2) is 15.7. The highest BCUT2D eigenvalue weighted by Gasteiger charge is 2.34. The number of fused-ring (bicyclic) bond motifs is 1. The van der Waals surface area contributed by atoms with Gasteiger partial charge in [0.25, 0.3) is 11.8 Å². The number of thioether (sulfide) groups is 1. The molecule has 0 saturated carbocycles. The lowest BCUT2D eigenvalue weighted by atomic mass is 9.72. The number of carbonyl (C=O) groups excluding carboxylic acids is 4. The van der Waals surface area contributed by atoms with Gasteiger partial charge in [-0.05, 0) is 85.1 Å². The summed E-state index contributed by atoms with van der Waals surface area (Å²) in [5.41, 5.74) is 4.41. The van der Waals surface area contributed by atoms with E-state index in [0.29, 0.717) is 27.7 Å². The van der Waals surface area contributed by atoms with E-state index in [1.807, 2.05) is 43.3 Å². The van der Waals surface area contributed by atoms with Gasteiger partial charge in [0.2, 0.25) is 5.91 Å². The largest absolute Gasteiger partial charge is 0.465 e. The third-order valence-electron chi connectivity index (χ3n) is 8.48. The highest BCUT2D eigenvalue weighted by Crippen LogP contribution is 2.44. The van der Waals surface area contributed by atoms with Crippen molar-refractivity contribution in [1.82, 2.24) is 5.32 Å². The first-order chi connectivity index (χ1) is 23.4. The van der Waals surface area contributed by atoms with Crippen LogP contribution >= 0.6 is 23.1 Å². The molecule has 1 aromatic heterocycles. The van der Waals surface area contributed by atoms with E-state index in [4.69, 9.17) is 4.74 Å². The number of esters is 1. The summed E-state index contributed by atoms with van der Waals surface area (Å²) in [6, 6.07) is 23.5. The number of benzene rings is 3. The van der Waals surface area contributed by atoms with E-state index in [0.717, 1.165) is 45.7 Å². The van der Waals surface area contributed by atoms with Crippen molar-refractivity contribution >= 4 is 63.6 Å². The Morgan fingerprint density at radius 3 is 2.43 bits per heavy atom. The van der Waals surface area contributed by atoms with Gasteiger partial charge in [-0.3, -0.25) is 14.4 Å². The minimum absolute atomic E-state index is 0.0887. The van der Waals surface area contributed by atoms with E-state index in [-0.39, 0.29) is 22.8 Å². The summed E-state index contributed by atoms with van der Waals surface area (Å²) < 4.78 is 5.10. The quantitative estimate of drug-likeness (QED) is 0.0877. The Hall–Kier alpha value is -4.67. The van der Waals surface area contributed by atoms with Crippen LogP contribution in [0.3, 0.4) is 0 Å². The molecule has 4 aromatic rings. The molecule has 5 rings (SSSR count). The Morgan fingerprint density at radius 1 is 0.959 bits per heavy atom. The molecule has 1 atom stereocenters. The molecule has 1 heterocycles. The zero-order valence-corrected chi connectivity index (χ0v) is 30.0. The molecule has 1 unspecified atom stereocenters. The summed E-state index contributed by atoms with van der Waals surface area (Å²) in [6.45, 7) is 8.67. The maximum atomic E-state index is 13.5. The second-order valence-corrected chi connectivity index (χ2v) is 15.3. The monoisotopic (exact) mass is 695 g/mol. The highest BCUT2D eigenvalue weighted by molar-refractivity contribution is 8.00. The van der Waals surface area contributed by atoms with Crippen LogP contribution in [-0.4, -0.2) is 36.6 Å². The van der Waals surface area contributed by atoms with Crippen molar-refractivity contribution in [3.8, 4) is 0 Å². The summed E-state index contributed by atoms with van der Waals surface area (Å²) in [4.78, 5) is 54.4. The molecule has 0 aliphatic heterocycles. The van der Waals surface area contributed by atoms with Gasteiger partial charge < -0.3 is 20.7 Å². The topological polar surface area (TPSA) is 114 Å².